The highest BCUT2D eigenvalue weighted by atomic mass is 31.0. The van der Waals surface area contributed by atoms with E-state index in [4.69, 9.17) is 0 Å². The van der Waals surface area contributed by atoms with Crippen molar-refractivity contribution in [3.63, 3.8) is 0 Å². The Morgan fingerprint density at radius 1 is 1.23 bits per heavy atom. The summed E-state index contributed by atoms with van der Waals surface area (Å²) in [5.41, 5.74) is 0. The summed E-state index contributed by atoms with van der Waals surface area (Å²) in [6.45, 7) is 6.25. The molecule has 2 unspecified atom stereocenters. The third-order valence-corrected chi connectivity index (χ3v) is 3.98. The zero-order valence-electron chi connectivity index (χ0n) is 9.02. The van der Waals surface area contributed by atoms with Gasteiger partial charge >= 0.3 is 0 Å². The topological polar surface area (TPSA) is 0 Å². The summed E-state index contributed by atoms with van der Waals surface area (Å²) in [7, 11) is 2.35. The summed E-state index contributed by atoms with van der Waals surface area (Å²) >= 11 is 0. The molecular weight excluding hydrogens is 182 g/mol. The molecule has 1 fully saturated rings. The average molecular weight is 204 g/mol. The molecule has 0 nitrogen and oxygen atoms in total. The SMILES string of the molecule is CC(C)C1CCC(C(C)(F)P)CC1. The lowest BCUT2D eigenvalue weighted by atomic mass is 9.75. The third-order valence-electron chi connectivity index (χ3n) is 3.51. The van der Waals surface area contributed by atoms with E-state index in [0.717, 1.165) is 24.7 Å². The van der Waals surface area contributed by atoms with Gasteiger partial charge in [-0.05, 0) is 50.4 Å². The molecule has 0 spiro atoms. The van der Waals surface area contributed by atoms with Gasteiger partial charge in [-0.15, -0.1) is 0 Å². The molecule has 0 saturated heterocycles. The van der Waals surface area contributed by atoms with Crippen LogP contribution >= 0.6 is 9.24 Å². The summed E-state index contributed by atoms with van der Waals surface area (Å²) < 4.78 is 13.6. The van der Waals surface area contributed by atoms with Gasteiger partial charge in [0.1, 0.15) is 5.41 Å². The van der Waals surface area contributed by atoms with Gasteiger partial charge < -0.3 is 0 Å². The van der Waals surface area contributed by atoms with Gasteiger partial charge in [-0.2, -0.15) is 0 Å². The van der Waals surface area contributed by atoms with Crippen LogP contribution in [0.4, 0.5) is 4.39 Å². The fourth-order valence-electron chi connectivity index (χ4n) is 2.35. The number of rotatable bonds is 2. The minimum Gasteiger partial charge on any atom is -0.240 e. The van der Waals surface area contributed by atoms with Crippen LogP contribution in [0.15, 0.2) is 0 Å². The monoisotopic (exact) mass is 204 g/mol. The summed E-state index contributed by atoms with van der Waals surface area (Å²) in [5.74, 6) is 1.88. The van der Waals surface area contributed by atoms with E-state index in [1.54, 1.807) is 6.92 Å². The highest BCUT2D eigenvalue weighted by molar-refractivity contribution is 7.18. The lowest BCUT2D eigenvalue weighted by Crippen LogP contribution is -2.28. The third kappa shape index (κ3) is 3.20. The predicted octanol–water partition coefficient (Wildman–Crippen LogP) is 4.01. The molecular formula is C11H22FP. The highest BCUT2D eigenvalue weighted by Crippen LogP contribution is 2.42. The van der Waals surface area contributed by atoms with E-state index in [0.29, 0.717) is 0 Å². The second kappa shape index (κ2) is 4.26. The molecule has 0 aromatic heterocycles. The molecule has 0 aliphatic heterocycles. The molecule has 2 heteroatoms. The Hall–Kier alpha value is 0.360. The Labute approximate surface area is 83.9 Å². The molecule has 13 heavy (non-hydrogen) atoms. The van der Waals surface area contributed by atoms with Crippen LogP contribution in [0, 0.1) is 17.8 Å². The first-order valence-electron chi connectivity index (χ1n) is 5.39. The molecule has 0 N–H and O–H groups in total. The van der Waals surface area contributed by atoms with Crippen molar-refractivity contribution in [1.29, 1.82) is 0 Å². The number of alkyl halides is 1. The fraction of sp³-hybridized carbons (Fsp3) is 1.00. The first kappa shape index (κ1) is 11.4. The molecule has 1 aliphatic carbocycles. The van der Waals surface area contributed by atoms with Crippen molar-refractivity contribution in [3.05, 3.63) is 0 Å². The largest absolute Gasteiger partial charge is 0.240 e. The lowest BCUT2D eigenvalue weighted by molar-refractivity contribution is 0.127. The quantitative estimate of drug-likeness (QED) is 0.596. The Bertz CT molecular complexity index is 152. The van der Waals surface area contributed by atoms with Crippen molar-refractivity contribution in [3.8, 4) is 0 Å². The molecule has 1 saturated carbocycles. The zero-order valence-corrected chi connectivity index (χ0v) is 10.2. The van der Waals surface area contributed by atoms with E-state index in [-0.39, 0.29) is 5.92 Å². The first-order chi connectivity index (χ1) is 5.91. The number of halogens is 1. The molecule has 78 valence electrons. The van der Waals surface area contributed by atoms with E-state index < -0.39 is 5.41 Å². The molecule has 2 atom stereocenters. The Balaban J connectivity index is 2.39. The van der Waals surface area contributed by atoms with Gasteiger partial charge in [-0.25, -0.2) is 4.39 Å². The summed E-state index contributed by atoms with van der Waals surface area (Å²) in [4.78, 5) is 0. The van der Waals surface area contributed by atoms with E-state index in [2.05, 4.69) is 23.1 Å². The second-order valence-corrected chi connectivity index (χ2v) is 6.14. The molecule has 1 rings (SSSR count). The Morgan fingerprint density at radius 2 is 1.69 bits per heavy atom. The highest BCUT2D eigenvalue weighted by Gasteiger charge is 2.33. The van der Waals surface area contributed by atoms with Crippen LogP contribution in [0.25, 0.3) is 0 Å². The molecule has 0 aromatic rings. The zero-order chi connectivity index (χ0) is 10.1. The van der Waals surface area contributed by atoms with Crippen molar-refractivity contribution in [1.82, 2.24) is 0 Å². The standard InChI is InChI=1S/C11H22FP/c1-8(2)9-4-6-10(7-5-9)11(3,12)13/h8-10H,4-7,13H2,1-3H3. The molecule has 1 aliphatic rings. The van der Waals surface area contributed by atoms with Crippen LogP contribution in [0.1, 0.15) is 46.5 Å². The molecule has 0 heterocycles. The summed E-state index contributed by atoms with van der Waals surface area (Å²) in [6.07, 6.45) is 4.57. The summed E-state index contributed by atoms with van der Waals surface area (Å²) in [5, 5.41) is -1.04. The van der Waals surface area contributed by atoms with E-state index >= 15 is 0 Å². The van der Waals surface area contributed by atoms with Crippen LogP contribution in [-0.4, -0.2) is 5.41 Å². The van der Waals surface area contributed by atoms with Gasteiger partial charge in [0.25, 0.3) is 0 Å². The number of hydrogen-bond donors (Lipinski definition) is 0. The Kier molecular flexibility index (Phi) is 3.74. The number of hydrogen-bond acceptors (Lipinski definition) is 0. The van der Waals surface area contributed by atoms with Gasteiger partial charge in [-0.1, -0.05) is 23.1 Å². The van der Waals surface area contributed by atoms with Gasteiger partial charge in [0, 0.05) is 0 Å². The Morgan fingerprint density at radius 3 is 2.00 bits per heavy atom. The maximum absolute atomic E-state index is 13.6. The normalized spacial score (nSPS) is 34.6. The van der Waals surface area contributed by atoms with Gasteiger partial charge in [0.2, 0.25) is 0 Å². The predicted molar refractivity (Wildman–Crippen MR) is 59.5 cm³/mol. The second-order valence-electron chi connectivity index (χ2n) is 5.01. The van der Waals surface area contributed by atoms with Crippen LogP contribution in [0.5, 0.6) is 0 Å². The van der Waals surface area contributed by atoms with Crippen LogP contribution < -0.4 is 0 Å². The van der Waals surface area contributed by atoms with Crippen LogP contribution in [0.2, 0.25) is 0 Å². The average Bonchev–Trinajstić information content (AvgIpc) is 2.03. The maximum atomic E-state index is 13.6. The minimum absolute atomic E-state index is 0.271. The maximum Gasteiger partial charge on any atom is 0.123 e. The minimum atomic E-state index is -1.04. The van der Waals surface area contributed by atoms with Crippen molar-refractivity contribution in [2.75, 3.05) is 0 Å². The van der Waals surface area contributed by atoms with Crippen LogP contribution in [-0.2, 0) is 0 Å². The lowest BCUT2D eigenvalue weighted by Gasteiger charge is -2.35. The molecule has 0 aromatic carbocycles. The van der Waals surface area contributed by atoms with Crippen molar-refractivity contribution in [2.45, 2.75) is 51.9 Å². The van der Waals surface area contributed by atoms with E-state index in [1.165, 1.54) is 12.8 Å². The van der Waals surface area contributed by atoms with Crippen molar-refractivity contribution in [2.24, 2.45) is 17.8 Å². The van der Waals surface area contributed by atoms with Crippen LogP contribution in [0.3, 0.4) is 0 Å². The summed E-state index contributed by atoms with van der Waals surface area (Å²) in [6, 6.07) is 0. The molecule has 0 amide bonds. The van der Waals surface area contributed by atoms with Gasteiger partial charge in [0.05, 0.1) is 0 Å². The van der Waals surface area contributed by atoms with Crippen molar-refractivity contribution < 1.29 is 4.39 Å². The van der Waals surface area contributed by atoms with Crippen molar-refractivity contribution >= 4 is 9.24 Å². The molecule has 0 radical (unpaired) electrons. The first-order valence-corrected chi connectivity index (χ1v) is 5.96. The smallest absolute Gasteiger partial charge is 0.123 e. The van der Waals surface area contributed by atoms with E-state index in [9.17, 15) is 4.39 Å². The molecule has 0 bridgehead atoms. The van der Waals surface area contributed by atoms with Gasteiger partial charge in [0.15, 0.2) is 0 Å². The fourth-order valence-corrected chi connectivity index (χ4v) is 2.68. The van der Waals surface area contributed by atoms with Gasteiger partial charge in [-0.3, -0.25) is 0 Å². The van der Waals surface area contributed by atoms with E-state index in [1.807, 2.05) is 0 Å².